The van der Waals surface area contributed by atoms with Crippen LogP contribution in [0.25, 0.3) is 5.69 Å². The van der Waals surface area contributed by atoms with Crippen LogP contribution in [0.15, 0.2) is 41.1 Å². The fourth-order valence-electron chi connectivity index (χ4n) is 4.07. The van der Waals surface area contributed by atoms with Crippen LogP contribution in [0.1, 0.15) is 67.2 Å². The second kappa shape index (κ2) is 7.68. The zero-order valence-electron chi connectivity index (χ0n) is 17.7. The van der Waals surface area contributed by atoms with E-state index in [1.54, 1.807) is 32.3 Å². The number of oxazole rings is 1. The molecule has 0 aliphatic carbocycles. The third-order valence-electron chi connectivity index (χ3n) is 5.63. The first-order valence-corrected chi connectivity index (χ1v) is 10.2. The summed E-state index contributed by atoms with van der Waals surface area (Å²) in [6.45, 7) is 7.77. The van der Waals surface area contributed by atoms with Crippen LogP contribution in [-0.2, 0) is 5.60 Å². The Labute approximate surface area is 175 Å². The van der Waals surface area contributed by atoms with E-state index in [1.807, 2.05) is 30.0 Å². The van der Waals surface area contributed by atoms with Gasteiger partial charge in [-0.1, -0.05) is 12.1 Å². The van der Waals surface area contributed by atoms with Gasteiger partial charge in [-0.25, -0.2) is 4.98 Å². The molecule has 1 aromatic carbocycles. The summed E-state index contributed by atoms with van der Waals surface area (Å²) in [6.07, 6.45) is 4.90. The lowest BCUT2D eigenvalue weighted by Crippen LogP contribution is -2.45. The molecule has 2 aromatic heterocycles. The molecule has 0 saturated carbocycles. The van der Waals surface area contributed by atoms with Gasteiger partial charge in [-0.05, 0) is 52.7 Å². The Hall–Kier alpha value is -3.00. The Morgan fingerprint density at radius 1 is 1.20 bits per heavy atom. The van der Waals surface area contributed by atoms with Crippen LogP contribution in [0.3, 0.4) is 0 Å². The lowest BCUT2D eigenvalue weighted by molar-refractivity contribution is 0.0477. The van der Waals surface area contributed by atoms with Crippen LogP contribution in [0, 0.1) is 6.92 Å². The first-order chi connectivity index (χ1) is 14.3. The fraction of sp³-hybridized carbons (Fsp3) is 0.455. The van der Waals surface area contributed by atoms with E-state index in [0.29, 0.717) is 35.1 Å². The number of aryl methyl sites for hydroxylation is 1. The molecule has 158 valence electrons. The van der Waals surface area contributed by atoms with Crippen LogP contribution < -0.4 is 0 Å². The van der Waals surface area contributed by atoms with Crippen molar-refractivity contribution >= 4 is 5.91 Å². The van der Waals surface area contributed by atoms with Gasteiger partial charge in [-0.2, -0.15) is 15.0 Å². The lowest BCUT2D eigenvalue weighted by atomic mass is 9.92. The Morgan fingerprint density at radius 2 is 1.90 bits per heavy atom. The van der Waals surface area contributed by atoms with Gasteiger partial charge in [0.1, 0.15) is 5.60 Å². The fourth-order valence-corrected chi connectivity index (χ4v) is 4.07. The topological polar surface area (TPSA) is 97.3 Å². The number of para-hydroxylation sites is 1. The van der Waals surface area contributed by atoms with Crippen molar-refractivity contribution in [2.24, 2.45) is 0 Å². The summed E-state index contributed by atoms with van der Waals surface area (Å²) in [5.41, 5.74) is 0.798. The molecule has 0 radical (unpaired) electrons. The van der Waals surface area contributed by atoms with Gasteiger partial charge in [0.05, 0.1) is 35.3 Å². The Balaban J connectivity index is 1.62. The smallest absolute Gasteiger partial charge is 0.256 e. The number of nitrogens with zero attached hydrogens (tertiary/aromatic N) is 5. The van der Waals surface area contributed by atoms with E-state index >= 15 is 0 Å². The molecule has 0 spiro atoms. The average Bonchev–Trinajstić information content (AvgIpc) is 3.37. The molecule has 3 aromatic rings. The minimum Gasteiger partial charge on any atom is -0.442 e. The van der Waals surface area contributed by atoms with Gasteiger partial charge in [0.25, 0.3) is 5.91 Å². The normalized spacial score (nSPS) is 19.8. The standard InChI is InChI=1S/C22H27N5O3/c1-14-9-10-16(20-25-15(2)19(30-20)22(3,4)29)13-26(14)21(28)17-7-5-6-8-18(17)27-23-11-12-24-27/h5-8,11-12,14,16,29H,9-10,13H2,1-4H3/t14-,16-/m1/s1. The molecule has 3 heterocycles. The van der Waals surface area contributed by atoms with E-state index in [4.69, 9.17) is 4.42 Å². The summed E-state index contributed by atoms with van der Waals surface area (Å²) in [6, 6.07) is 7.45. The maximum Gasteiger partial charge on any atom is 0.256 e. The van der Waals surface area contributed by atoms with Gasteiger partial charge in [0.15, 0.2) is 11.7 Å². The molecule has 1 saturated heterocycles. The van der Waals surface area contributed by atoms with Crippen molar-refractivity contribution in [1.29, 1.82) is 0 Å². The van der Waals surface area contributed by atoms with Crippen molar-refractivity contribution in [3.63, 3.8) is 0 Å². The summed E-state index contributed by atoms with van der Waals surface area (Å²) in [5.74, 6) is 0.974. The van der Waals surface area contributed by atoms with Gasteiger partial charge in [-0.3, -0.25) is 4.79 Å². The number of carbonyl (C=O) groups is 1. The summed E-state index contributed by atoms with van der Waals surface area (Å²) < 4.78 is 5.95. The molecule has 30 heavy (non-hydrogen) atoms. The third kappa shape index (κ3) is 3.75. The summed E-state index contributed by atoms with van der Waals surface area (Å²) in [5, 5.41) is 18.7. The average molecular weight is 409 g/mol. The number of benzene rings is 1. The molecule has 1 aliphatic heterocycles. The Kier molecular flexibility index (Phi) is 5.19. The monoisotopic (exact) mass is 409 g/mol. The number of aliphatic hydroxyl groups is 1. The molecule has 1 N–H and O–H groups in total. The maximum absolute atomic E-state index is 13.5. The molecule has 1 fully saturated rings. The van der Waals surface area contributed by atoms with Crippen molar-refractivity contribution in [2.75, 3.05) is 6.54 Å². The molecule has 8 nitrogen and oxygen atoms in total. The van der Waals surface area contributed by atoms with Crippen molar-refractivity contribution < 1.29 is 14.3 Å². The van der Waals surface area contributed by atoms with Crippen molar-refractivity contribution in [3.8, 4) is 5.69 Å². The number of likely N-dealkylation sites (tertiary alicyclic amines) is 1. The molecule has 1 amide bonds. The van der Waals surface area contributed by atoms with Gasteiger partial charge < -0.3 is 14.4 Å². The number of carbonyl (C=O) groups excluding carboxylic acids is 1. The van der Waals surface area contributed by atoms with Crippen LogP contribution in [0.4, 0.5) is 0 Å². The quantitative estimate of drug-likeness (QED) is 0.711. The summed E-state index contributed by atoms with van der Waals surface area (Å²) >= 11 is 0. The Morgan fingerprint density at radius 3 is 2.57 bits per heavy atom. The van der Waals surface area contributed by atoms with E-state index in [9.17, 15) is 9.90 Å². The van der Waals surface area contributed by atoms with Crippen molar-refractivity contribution in [2.45, 2.75) is 58.1 Å². The van der Waals surface area contributed by atoms with Crippen LogP contribution >= 0.6 is 0 Å². The highest BCUT2D eigenvalue weighted by atomic mass is 16.4. The molecular weight excluding hydrogens is 382 g/mol. The van der Waals surface area contributed by atoms with Crippen molar-refractivity contribution in [1.82, 2.24) is 24.9 Å². The summed E-state index contributed by atoms with van der Waals surface area (Å²) in [7, 11) is 0. The minimum atomic E-state index is -1.09. The number of amides is 1. The molecule has 0 unspecified atom stereocenters. The van der Waals surface area contributed by atoms with Gasteiger partial charge >= 0.3 is 0 Å². The largest absolute Gasteiger partial charge is 0.442 e. The SMILES string of the molecule is Cc1nc([C@@H]2CC[C@@H](C)N(C(=O)c3ccccc3-n3nccn3)C2)oc1C(C)(C)O. The summed E-state index contributed by atoms with van der Waals surface area (Å²) in [4.78, 5) is 21.4. The molecular formula is C22H27N5O3. The zero-order valence-corrected chi connectivity index (χ0v) is 17.7. The highest BCUT2D eigenvalue weighted by Gasteiger charge is 2.35. The Bertz CT molecular complexity index is 1040. The van der Waals surface area contributed by atoms with Crippen molar-refractivity contribution in [3.05, 3.63) is 59.6 Å². The predicted octanol–water partition coefficient (Wildman–Crippen LogP) is 3.20. The van der Waals surface area contributed by atoms with E-state index in [0.717, 1.165) is 12.8 Å². The molecule has 8 heteroatoms. The maximum atomic E-state index is 13.5. The number of hydrogen-bond acceptors (Lipinski definition) is 6. The molecule has 0 bridgehead atoms. The second-order valence-corrected chi connectivity index (χ2v) is 8.44. The van der Waals surface area contributed by atoms with E-state index in [2.05, 4.69) is 22.1 Å². The number of rotatable bonds is 4. The predicted molar refractivity (Wildman–Crippen MR) is 110 cm³/mol. The zero-order chi connectivity index (χ0) is 21.5. The third-order valence-corrected chi connectivity index (χ3v) is 5.63. The number of aromatic nitrogens is 4. The molecule has 1 aliphatic rings. The highest BCUT2D eigenvalue weighted by Crippen LogP contribution is 2.34. The van der Waals surface area contributed by atoms with Gasteiger partial charge in [0.2, 0.25) is 0 Å². The second-order valence-electron chi connectivity index (χ2n) is 8.44. The van der Waals surface area contributed by atoms with Crippen LogP contribution in [-0.4, -0.2) is 48.5 Å². The first kappa shape index (κ1) is 20.3. The molecule has 4 rings (SSSR count). The minimum absolute atomic E-state index is 0.0186. The van der Waals surface area contributed by atoms with Crippen LogP contribution in [0.5, 0.6) is 0 Å². The van der Waals surface area contributed by atoms with Gasteiger partial charge in [0, 0.05) is 12.6 Å². The van der Waals surface area contributed by atoms with E-state index in [1.165, 1.54) is 4.80 Å². The lowest BCUT2D eigenvalue weighted by Gasteiger charge is -2.37. The highest BCUT2D eigenvalue weighted by molar-refractivity contribution is 5.98. The van der Waals surface area contributed by atoms with Crippen LogP contribution in [0.2, 0.25) is 0 Å². The molecule has 2 atom stereocenters. The van der Waals surface area contributed by atoms with E-state index < -0.39 is 5.60 Å². The first-order valence-electron chi connectivity index (χ1n) is 10.2. The number of hydrogen-bond donors (Lipinski definition) is 1. The van der Waals surface area contributed by atoms with E-state index in [-0.39, 0.29) is 17.9 Å². The number of piperidine rings is 1. The van der Waals surface area contributed by atoms with Gasteiger partial charge in [-0.15, -0.1) is 0 Å².